The summed E-state index contributed by atoms with van der Waals surface area (Å²) in [5, 5.41) is 20.1. The van der Waals surface area contributed by atoms with Gasteiger partial charge in [-0.25, -0.2) is 0 Å². The number of nitrogens with zero attached hydrogens (tertiary/aromatic N) is 1. The van der Waals surface area contributed by atoms with Gasteiger partial charge in [0.2, 0.25) is 0 Å². The molecule has 0 bridgehead atoms. The van der Waals surface area contributed by atoms with Gasteiger partial charge in [-0.15, -0.1) is 0 Å². The second-order valence-corrected chi connectivity index (χ2v) is 6.51. The average Bonchev–Trinajstić information content (AvgIpc) is 2.73. The standard InChI is InChI=1S/C17H25NO2/c1-12(20)15-11-18(8-5-9-19)16-7-6-13(10-14(15)16)17(2,3)4/h6-7,10-12,19-20H,5,8-9H2,1-4H3. The number of fused-ring (bicyclic) bond motifs is 1. The van der Waals surface area contributed by atoms with Gasteiger partial charge in [0.05, 0.1) is 6.10 Å². The molecule has 0 fully saturated rings. The molecule has 1 atom stereocenters. The second-order valence-electron chi connectivity index (χ2n) is 6.51. The molecule has 3 heteroatoms. The van der Waals surface area contributed by atoms with E-state index < -0.39 is 6.10 Å². The van der Waals surface area contributed by atoms with Gasteiger partial charge in [-0.05, 0) is 36.5 Å². The first-order valence-corrected chi connectivity index (χ1v) is 7.27. The zero-order valence-electron chi connectivity index (χ0n) is 12.8. The van der Waals surface area contributed by atoms with E-state index in [2.05, 4.69) is 43.5 Å². The van der Waals surface area contributed by atoms with Gasteiger partial charge in [0.1, 0.15) is 0 Å². The summed E-state index contributed by atoms with van der Waals surface area (Å²) in [6, 6.07) is 6.47. The Morgan fingerprint density at radius 1 is 1.25 bits per heavy atom. The summed E-state index contributed by atoms with van der Waals surface area (Å²) in [5.41, 5.74) is 3.45. The van der Waals surface area contributed by atoms with E-state index in [0.29, 0.717) is 0 Å². The van der Waals surface area contributed by atoms with Gasteiger partial charge in [-0.1, -0.05) is 26.8 Å². The Kier molecular flexibility index (Phi) is 4.21. The fourth-order valence-corrected chi connectivity index (χ4v) is 2.55. The Hall–Kier alpha value is -1.32. The van der Waals surface area contributed by atoms with Crippen LogP contribution in [0, 0.1) is 0 Å². The summed E-state index contributed by atoms with van der Waals surface area (Å²) in [7, 11) is 0. The molecule has 0 amide bonds. The van der Waals surface area contributed by atoms with E-state index in [-0.39, 0.29) is 12.0 Å². The van der Waals surface area contributed by atoms with Crippen LogP contribution < -0.4 is 0 Å². The van der Waals surface area contributed by atoms with Crippen molar-refractivity contribution in [3.05, 3.63) is 35.5 Å². The third-order valence-corrected chi connectivity index (χ3v) is 3.79. The molecule has 0 saturated heterocycles. The maximum atomic E-state index is 9.99. The molecule has 0 aliphatic carbocycles. The highest BCUT2D eigenvalue weighted by Crippen LogP contribution is 2.31. The van der Waals surface area contributed by atoms with Gasteiger partial charge in [0.15, 0.2) is 0 Å². The van der Waals surface area contributed by atoms with Gasteiger partial charge >= 0.3 is 0 Å². The quantitative estimate of drug-likeness (QED) is 0.898. The van der Waals surface area contributed by atoms with Crippen LogP contribution in [0.5, 0.6) is 0 Å². The fraction of sp³-hybridized carbons (Fsp3) is 0.529. The van der Waals surface area contributed by atoms with Crippen molar-refractivity contribution in [1.82, 2.24) is 4.57 Å². The molecular formula is C17H25NO2. The van der Waals surface area contributed by atoms with Crippen molar-refractivity contribution in [2.45, 2.75) is 52.2 Å². The summed E-state index contributed by atoms with van der Waals surface area (Å²) in [6.45, 7) is 9.34. The van der Waals surface area contributed by atoms with Gasteiger partial charge < -0.3 is 14.8 Å². The van der Waals surface area contributed by atoms with E-state index in [4.69, 9.17) is 5.11 Å². The predicted molar refractivity (Wildman–Crippen MR) is 83.0 cm³/mol. The molecule has 0 aliphatic heterocycles. The highest BCUT2D eigenvalue weighted by molar-refractivity contribution is 5.85. The molecule has 2 N–H and O–H groups in total. The van der Waals surface area contributed by atoms with E-state index in [1.807, 2.05) is 6.20 Å². The number of hydrogen-bond donors (Lipinski definition) is 2. The fourth-order valence-electron chi connectivity index (χ4n) is 2.55. The summed E-state index contributed by atoms with van der Waals surface area (Å²) in [5.74, 6) is 0. The third-order valence-electron chi connectivity index (χ3n) is 3.79. The molecule has 1 aromatic carbocycles. The van der Waals surface area contributed by atoms with Crippen LogP contribution in [-0.2, 0) is 12.0 Å². The van der Waals surface area contributed by atoms with Crippen LogP contribution >= 0.6 is 0 Å². The first-order valence-electron chi connectivity index (χ1n) is 7.27. The summed E-state index contributed by atoms with van der Waals surface area (Å²) < 4.78 is 2.13. The monoisotopic (exact) mass is 275 g/mol. The van der Waals surface area contributed by atoms with E-state index in [1.165, 1.54) is 5.56 Å². The van der Waals surface area contributed by atoms with Gasteiger partial charge in [0.25, 0.3) is 0 Å². The molecule has 1 unspecified atom stereocenters. The zero-order valence-corrected chi connectivity index (χ0v) is 12.8. The molecule has 0 saturated carbocycles. The van der Waals surface area contributed by atoms with Gasteiger partial charge in [-0.3, -0.25) is 0 Å². The Balaban J connectivity index is 2.58. The molecule has 20 heavy (non-hydrogen) atoms. The maximum Gasteiger partial charge on any atom is 0.0782 e. The average molecular weight is 275 g/mol. The highest BCUT2D eigenvalue weighted by Gasteiger charge is 2.18. The van der Waals surface area contributed by atoms with Crippen LogP contribution in [0.4, 0.5) is 0 Å². The number of hydrogen-bond acceptors (Lipinski definition) is 2. The van der Waals surface area contributed by atoms with Gasteiger partial charge in [-0.2, -0.15) is 0 Å². The lowest BCUT2D eigenvalue weighted by molar-refractivity contribution is 0.200. The molecule has 2 rings (SSSR count). The smallest absolute Gasteiger partial charge is 0.0782 e. The number of rotatable bonds is 4. The third kappa shape index (κ3) is 2.89. The number of aryl methyl sites for hydroxylation is 1. The van der Waals surface area contributed by atoms with Crippen LogP contribution in [0.3, 0.4) is 0 Å². The molecule has 3 nitrogen and oxygen atoms in total. The number of benzene rings is 1. The first-order chi connectivity index (χ1) is 9.34. The van der Waals surface area contributed by atoms with E-state index in [0.717, 1.165) is 29.4 Å². The Labute approximate surface area is 120 Å². The minimum Gasteiger partial charge on any atom is -0.396 e. The normalized spacial score (nSPS) is 13.9. The molecule has 1 aromatic heterocycles. The minimum atomic E-state index is -0.483. The van der Waals surface area contributed by atoms with Crippen LogP contribution in [0.1, 0.15) is 51.3 Å². The summed E-state index contributed by atoms with van der Waals surface area (Å²) in [4.78, 5) is 0. The van der Waals surface area contributed by atoms with Crippen molar-refractivity contribution in [3.8, 4) is 0 Å². The molecule has 0 radical (unpaired) electrons. The summed E-state index contributed by atoms with van der Waals surface area (Å²) >= 11 is 0. The second kappa shape index (κ2) is 5.58. The van der Waals surface area contributed by atoms with Gasteiger partial charge in [0, 0.05) is 35.8 Å². The Morgan fingerprint density at radius 3 is 2.50 bits per heavy atom. The van der Waals surface area contributed by atoms with Crippen LogP contribution in [0.25, 0.3) is 10.9 Å². The number of aromatic nitrogens is 1. The number of aliphatic hydroxyl groups excluding tert-OH is 2. The predicted octanol–water partition coefficient (Wildman–Crippen LogP) is 3.37. The lowest BCUT2D eigenvalue weighted by atomic mass is 9.86. The molecular weight excluding hydrogens is 250 g/mol. The van der Waals surface area contributed by atoms with E-state index in [1.54, 1.807) is 6.92 Å². The van der Waals surface area contributed by atoms with Crippen molar-refractivity contribution in [1.29, 1.82) is 0 Å². The Morgan fingerprint density at radius 2 is 1.95 bits per heavy atom. The molecule has 2 aromatic rings. The highest BCUT2D eigenvalue weighted by atomic mass is 16.3. The Bertz CT molecular complexity index is 591. The minimum absolute atomic E-state index is 0.0946. The van der Waals surface area contributed by atoms with Crippen molar-refractivity contribution in [2.24, 2.45) is 0 Å². The molecule has 0 spiro atoms. The van der Waals surface area contributed by atoms with Crippen molar-refractivity contribution >= 4 is 10.9 Å². The first kappa shape index (κ1) is 15.1. The van der Waals surface area contributed by atoms with Crippen LogP contribution in [0.2, 0.25) is 0 Å². The van der Waals surface area contributed by atoms with Crippen molar-refractivity contribution < 1.29 is 10.2 Å². The summed E-state index contributed by atoms with van der Waals surface area (Å²) in [6.07, 6.45) is 2.25. The van der Waals surface area contributed by atoms with Crippen LogP contribution in [-0.4, -0.2) is 21.4 Å². The van der Waals surface area contributed by atoms with E-state index in [9.17, 15) is 5.11 Å². The van der Waals surface area contributed by atoms with Crippen LogP contribution in [0.15, 0.2) is 24.4 Å². The van der Waals surface area contributed by atoms with Crippen molar-refractivity contribution in [3.63, 3.8) is 0 Å². The maximum absolute atomic E-state index is 9.99. The number of aliphatic hydroxyl groups is 2. The lowest BCUT2D eigenvalue weighted by Gasteiger charge is -2.19. The van der Waals surface area contributed by atoms with E-state index >= 15 is 0 Å². The lowest BCUT2D eigenvalue weighted by Crippen LogP contribution is -2.10. The zero-order chi connectivity index (χ0) is 14.9. The van der Waals surface area contributed by atoms with Crippen molar-refractivity contribution in [2.75, 3.05) is 6.61 Å². The molecule has 0 aliphatic rings. The topological polar surface area (TPSA) is 45.4 Å². The SMILES string of the molecule is CC(O)c1cn(CCCO)c2ccc(C(C)(C)C)cc12. The molecule has 1 heterocycles. The molecule has 110 valence electrons. The largest absolute Gasteiger partial charge is 0.396 e.